The van der Waals surface area contributed by atoms with E-state index in [1.807, 2.05) is 0 Å². The lowest BCUT2D eigenvalue weighted by Gasteiger charge is -2.05. The van der Waals surface area contributed by atoms with Gasteiger partial charge in [0.15, 0.2) is 0 Å². The first-order valence-corrected chi connectivity index (χ1v) is 6.51. The van der Waals surface area contributed by atoms with Crippen molar-refractivity contribution in [1.82, 2.24) is 10.3 Å². The molecule has 5 nitrogen and oxygen atoms in total. The lowest BCUT2D eigenvalue weighted by Crippen LogP contribution is -2.25. The first-order valence-electron chi connectivity index (χ1n) is 5.72. The van der Waals surface area contributed by atoms with Crippen LogP contribution >= 0.6 is 15.9 Å². The van der Waals surface area contributed by atoms with E-state index < -0.39 is 5.97 Å². The van der Waals surface area contributed by atoms with Crippen molar-refractivity contribution in [2.45, 2.75) is 25.7 Å². The van der Waals surface area contributed by atoms with Crippen LogP contribution in [0.25, 0.3) is 0 Å². The van der Waals surface area contributed by atoms with Gasteiger partial charge in [-0.05, 0) is 40.9 Å². The van der Waals surface area contributed by atoms with Gasteiger partial charge in [-0.2, -0.15) is 0 Å². The minimum Gasteiger partial charge on any atom is -0.481 e. The number of nitrogens with zero attached hydrogens (tertiary/aromatic N) is 1. The van der Waals surface area contributed by atoms with Gasteiger partial charge in [-0.3, -0.25) is 9.59 Å². The van der Waals surface area contributed by atoms with Gasteiger partial charge in [0.2, 0.25) is 0 Å². The highest BCUT2D eigenvalue weighted by atomic mass is 79.9. The molecule has 0 bridgehead atoms. The Labute approximate surface area is 114 Å². The molecular formula is C12H15BrN2O3. The Morgan fingerprint density at radius 1 is 1.33 bits per heavy atom. The number of pyridine rings is 1. The van der Waals surface area contributed by atoms with Gasteiger partial charge in [0.25, 0.3) is 5.91 Å². The largest absolute Gasteiger partial charge is 0.481 e. The quantitative estimate of drug-likeness (QED) is 0.756. The van der Waals surface area contributed by atoms with Crippen molar-refractivity contribution >= 4 is 27.8 Å². The summed E-state index contributed by atoms with van der Waals surface area (Å²) in [7, 11) is 0. The molecule has 0 aromatic carbocycles. The molecule has 0 saturated heterocycles. The molecule has 6 heteroatoms. The van der Waals surface area contributed by atoms with E-state index >= 15 is 0 Å². The summed E-state index contributed by atoms with van der Waals surface area (Å²) in [5.74, 6) is -1.00. The predicted molar refractivity (Wildman–Crippen MR) is 70.4 cm³/mol. The fourth-order valence-electron chi connectivity index (χ4n) is 1.42. The molecule has 0 fully saturated rings. The van der Waals surface area contributed by atoms with E-state index in [9.17, 15) is 9.59 Å². The predicted octanol–water partition coefficient (Wildman–Crippen LogP) is 2.22. The number of nitrogens with one attached hydrogen (secondary N) is 1. The Morgan fingerprint density at radius 2 is 2.11 bits per heavy atom. The number of hydrogen-bond acceptors (Lipinski definition) is 3. The highest BCUT2D eigenvalue weighted by molar-refractivity contribution is 9.10. The zero-order valence-corrected chi connectivity index (χ0v) is 11.4. The Morgan fingerprint density at radius 3 is 2.78 bits per heavy atom. The molecule has 0 spiro atoms. The molecule has 18 heavy (non-hydrogen) atoms. The molecule has 1 rings (SSSR count). The van der Waals surface area contributed by atoms with Crippen LogP contribution < -0.4 is 5.32 Å². The van der Waals surface area contributed by atoms with Gasteiger partial charge in [-0.25, -0.2) is 4.98 Å². The number of carboxylic acid groups (broad SMARTS) is 1. The molecular weight excluding hydrogens is 300 g/mol. The van der Waals surface area contributed by atoms with Gasteiger partial charge in [0, 0.05) is 23.6 Å². The zero-order chi connectivity index (χ0) is 13.4. The summed E-state index contributed by atoms with van der Waals surface area (Å²) in [5.41, 5.74) is 0.364. The normalized spacial score (nSPS) is 10.1. The molecule has 0 saturated carbocycles. The Hall–Kier alpha value is -1.43. The van der Waals surface area contributed by atoms with Crippen LogP contribution in [0.15, 0.2) is 22.8 Å². The lowest BCUT2D eigenvalue weighted by molar-refractivity contribution is -0.137. The minimum atomic E-state index is -0.781. The maximum atomic E-state index is 11.7. The lowest BCUT2D eigenvalue weighted by atomic mass is 10.2. The summed E-state index contributed by atoms with van der Waals surface area (Å²) < 4.78 is 0.661. The molecule has 1 heterocycles. The first-order chi connectivity index (χ1) is 8.61. The number of carbonyl (C=O) groups is 2. The van der Waals surface area contributed by atoms with Crippen LogP contribution in [0.2, 0.25) is 0 Å². The number of aromatic nitrogens is 1. The molecule has 0 aliphatic heterocycles. The highest BCUT2D eigenvalue weighted by Crippen LogP contribution is 2.12. The summed E-state index contributed by atoms with van der Waals surface area (Å²) in [6.07, 6.45) is 3.93. The van der Waals surface area contributed by atoms with Gasteiger partial charge >= 0.3 is 5.97 Å². The van der Waals surface area contributed by atoms with E-state index in [2.05, 4.69) is 26.2 Å². The minimum absolute atomic E-state index is 0.180. The molecule has 1 amide bonds. The Balaban J connectivity index is 2.22. The van der Waals surface area contributed by atoms with Crippen molar-refractivity contribution in [3.63, 3.8) is 0 Å². The standard InChI is InChI=1S/C12H15BrN2O3/c13-9-5-4-8-14-11(9)12(18)15-7-3-1-2-6-10(16)17/h4-5,8H,1-3,6-7H2,(H,15,18)(H,16,17). The maximum Gasteiger partial charge on any atom is 0.303 e. The molecule has 2 N–H and O–H groups in total. The summed E-state index contributed by atoms with van der Waals surface area (Å²) in [4.78, 5) is 26.0. The van der Waals surface area contributed by atoms with Crippen LogP contribution in [0, 0.1) is 0 Å². The second-order valence-electron chi connectivity index (χ2n) is 3.79. The molecule has 1 aromatic rings. The van der Waals surface area contributed by atoms with Gasteiger partial charge in [0.1, 0.15) is 5.69 Å². The Bertz CT molecular complexity index is 424. The van der Waals surface area contributed by atoms with Crippen LogP contribution in [0.1, 0.15) is 36.2 Å². The van der Waals surface area contributed by atoms with E-state index in [0.29, 0.717) is 23.1 Å². The van der Waals surface area contributed by atoms with E-state index in [1.165, 1.54) is 0 Å². The number of halogens is 1. The first kappa shape index (κ1) is 14.6. The van der Waals surface area contributed by atoms with E-state index in [4.69, 9.17) is 5.11 Å². The number of amides is 1. The monoisotopic (exact) mass is 314 g/mol. The van der Waals surface area contributed by atoms with E-state index in [1.54, 1.807) is 18.3 Å². The van der Waals surface area contributed by atoms with Crippen molar-refractivity contribution in [2.24, 2.45) is 0 Å². The Kier molecular flexibility index (Phi) is 6.35. The number of aliphatic carboxylic acids is 1. The zero-order valence-electron chi connectivity index (χ0n) is 9.86. The highest BCUT2D eigenvalue weighted by Gasteiger charge is 2.09. The third-order valence-corrected chi connectivity index (χ3v) is 2.97. The molecule has 98 valence electrons. The summed E-state index contributed by atoms with van der Waals surface area (Å²) >= 11 is 3.26. The van der Waals surface area contributed by atoms with Crippen molar-refractivity contribution in [2.75, 3.05) is 6.54 Å². The SMILES string of the molecule is O=C(O)CCCCCNC(=O)c1ncccc1Br. The van der Waals surface area contributed by atoms with Gasteiger partial charge in [0.05, 0.1) is 0 Å². The van der Waals surface area contributed by atoms with Crippen LogP contribution in [0.4, 0.5) is 0 Å². The van der Waals surface area contributed by atoms with Crippen LogP contribution in [-0.4, -0.2) is 28.5 Å². The molecule has 0 aliphatic carbocycles. The average Bonchev–Trinajstić information content (AvgIpc) is 2.33. The number of carbonyl (C=O) groups excluding carboxylic acids is 1. The van der Waals surface area contributed by atoms with Gasteiger partial charge in [-0.15, -0.1) is 0 Å². The molecule has 0 aliphatic rings. The maximum absolute atomic E-state index is 11.7. The van der Waals surface area contributed by atoms with Crippen LogP contribution in [0.5, 0.6) is 0 Å². The smallest absolute Gasteiger partial charge is 0.303 e. The van der Waals surface area contributed by atoms with Crippen LogP contribution in [-0.2, 0) is 4.79 Å². The van der Waals surface area contributed by atoms with E-state index in [0.717, 1.165) is 12.8 Å². The second-order valence-corrected chi connectivity index (χ2v) is 4.65. The van der Waals surface area contributed by atoms with Crippen molar-refractivity contribution in [3.05, 3.63) is 28.5 Å². The number of rotatable bonds is 7. The fraction of sp³-hybridized carbons (Fsp3) is 0.417. The topological polar surface area (TPSA) is 79.3 Å². The van der Waals surface area contributed by atoms with Crippen molar-refractivity contribution in [1.29, 1.82) is 0 Å². The van der Waals surface area contributed by atoms with Crippen molar-refractivity contribution in [3.8, 4) is 0 Å². The fourth-order valence-corrected chi connectivity index (χ4v) is 1.85. The van der Waals surface area contributed by atoms with Crippen molar-refractivity contribution < 1.29 is 14.7 Å². The third-order valence-electron chi connectivity index (χ3n) is 2.33. The average molecular weight is 315 g/mol. The van der Waals surface area contributed by atoms with E-state index in [-0.39, 0.29) is 12.3 Å². The molecule has 0 radical (unpaired) electrons. The summed E-state index contributed by atoms with van der Waals surface area (Å²) in [6.45, 7) is 0.529. The third kappa shape index (κ3) is 5.27. The molecule has 1 aromatic heterocycles. The number of hydrogen-bond donors (Lipinski definition) is 2. The second kappa shape index (κ2) is 7.81. The molecule has 0 unspecified atom stereocenters. The number of unbranched alkanes of at least 4 members (excludes halogenated alkanes) is 2. The molecule has 0 atom stereocenters. The summed E-state index contributed by atoms with van der Waals surface area (Å²) in [6, 6.07) is 3.50. The summed E-state index contributed by atoms with van der Waals surface area (Å²) in [5, 5.41) is 11.2. The van der Waals surface area contributed by atoms with Gasteiger partial charge < -0.3 is 10.4 Å². The van der Waals surface area contributed by atoms with Crippen LogP contribution in [0.3, 0.4) is 0 Å². The number of carboxylic acids is 1. The van der Waals surface area contributed by atoms with Gasteiger partial charge in [-0.1, -0.05) is 6.42 Å².